The first-order valence-corrected chi connectivity index (χ1v) is 9.19. The van der Waals surface area contributed by atoms with E-state index < -0.39 is 23.5 Å². The van der Waals surface area contributed by atoms with Crippen LogP contribution in [-0.4, -0.2) is 38.9 Å². The highest BCUT2D eigenvalue weighted by Crippen LogP contribution is 2.11. The predicted molar refractivity (Wildman–Crippen MR) is 112 cm³/mol. The van der Waals surface area contributed by atoms with Crippen LogP contribution in [0.15, 0.2) is 54.6 Å². The Morgan fingerprint density at radius 2 is 1.73 bits per heavy atom. The number of nitrogens with one attached hydrogen (secondary N) is 2. The van der Waals surface area contributed by atoms with Gasteiger partial charge in [-0.25, -0.2) is 5.48 Å². The maximum absolute atomic E-state index is 12.3. The number of carbonyl (C=O) groups excluding carboxylic acids is 2. The molecule has 0 saturated carbocycles. The van der Waals surface area contributed by atoms with Gasteiger partial charge in [0, 0.05) is 11.1 Å². The van der Waals surface area contributed by atoms with E-state index in [0.29, 0.717) is 5.56 Å². The van der Waals surface area contributed by atoms with Crippen molar-refractivity contribution >= 4 is 17.9 Å². The summed E-state index contributed by atoms with van der Waals surface area (Å²) in [6.45, 7) is 2.70. The minimum absolute atomic E-state index is 0.00483. The molecular formula is C23H24N2O5. The van der Waals surface area contributed by atoms with E-state index in [9.17, 15) is 14.7 Å². The Labute approximate surface area is 175 Å². The van der Waals surface area contributed by atoms with Gasteiger partial charge in [-0.15, -0.1) is 0 Å². The van der Waals surface area contributed by atoms with E-state index in [4.69, 9.17) is 10.3 Å². The molecule has 0 spiro atoms. The van der Waals surface area contributed by atoms with Crippen LogP contribution in [0.4, 0.5) is 0 Å². The lowest BCUT2D eigenvalue weighted by atomic mass is 9.97. The minimum Gasteiger partial charge on any atom is -0.392 e. The second-order valence-corrected chi connectivity index (χ2v) is 7.12. The molecule has 0 radical (unpaired) electrons. The summed E-state index contributed by atoms with van der Waals surface area (Å²) in [5.41, 5.74) is 2.64. The molecule has 0 fully saturated rings. The molecule has 0 unspecified atom stereocenters. The zero-order valence-electron chi connectivity index (χ0n) is 16.7. The molecule has 5 N–H and O–H groups in total. The first kappa shape index (κ1) is 22.8. The van der Waals surface area contributed by atoms with E-state index in [1.165, 1.54) is 19.3 Å². The van der Waals surface area contributed by atoms with E-state index in [1.54, 1.807) is 30.3 Å². The van der Waals surface area contributed by atoms with Crippen LogP contribution in [0, 0.1) is 11.8 Å². The van der Waals surface area contributed by atoms with Crippen LogP contribution >= 0.6 is 0 Å². The van der Waals surface area contributed by atoms with Gasteiger partial charge in [0.2, 0.25) is 0 Å². The summed E-state index contributed by atoms with van der Waals surface area (Å²) in [6, 6.07) is 12.5. The Bertz CT molecular complexity index is 962. The number of allylic oxidation sites excluding steroid dienone is 1. The molecule has 7 nitrogen and oxygen atoms in total. The van der Waals surface area contributed by atoms with Gasteiger partial charge in [0.1, 0.15) is 6.04 Å². The first-order valence-electron chi connectivity index (χ1n) is 9.19. The smallest absolute Gasteiger partial charge is 0.268 e. The number of hydrogen-bond donors (Lipinski definition) is 5. The molecule has 2 amide bonds. The van der Waals surface area contributed by atoms with Crippen LogP contribution in [0.2, 0.25) is 0 Å². The molecule has 0 aliphatic rings. The Morgan fingerprint density at radius 1 is 1.10 bits per heavy atom. The number of amides is 2. The third-order valence-electron chi connectivity index (χ3n) is 4.24. The van der Waals surface area contributed by atoms with Gasteiger partial charge in [0.05, 0.1) is 12.2 Å². The second kappa shape index (κ2) is 10.4. The number of benzene rings is 2. The molecule has 156 valence electrons. The summed E-state index contributed by atoms with van der Waals surface area (Å²) < 4.78 is 0. The van der Waals surface area contributed by atoms with E-state index in [1.807, 2.05) is 30.3 Å². The van der Waals surface area contributed by atoms with Gasteiger partial charge in [-0.05, 0) is 61.4 Å². The Kier molecular flexibility index (Phi) is 7.90. The van der Waals surface area contributed by atoms with Crippen molar-refractivity contribution < 1.29 is 25.0 Å². The molecular weight excluding hydrogens is 384 g/mol. The molecule has 1 atom stereocenters. The number of hydrogen-bond acceptors (Lipinski definition) is 5. The van der Waals surface area contributed by atoms with E-state index >= 15 is 0 Å². The van der Waals surface area contributed by atoms with E-state index in [2.05, 4.69) is 17.2 Å². The highest BCUT2D eigenvalue weighted by molar-refractivity contribution is 5.97. The quantitative estimate of drug-likeness (QED) is 0.283. The summed E-state index contributed by atoms with van der Waals surface area (Å²) in [4.78, 5) is 24.0. The topological polar surface area (TPSA) is 119 Å². The predicted octanol–water partition coefficient (Wildman–Crippen LogP) is 1.62. The SMILES string of the molecule is CC(C)(O)[C@H](NC(=O)c1ccc(C#CC=Cc2ccc(CO)cc2)cc1)C(=O)NO. The lowest BCUT2D eigenvalue weighted by Gasteiger charge is -2.28. The van der Waals surface area contributed by atoms with Crippen LogP contribution in [-0.2, 0) is 11.4 Å². The van der Waals surface area contributed by atoms with Crippen molar-refractivity contribution in [3.63, 3.8) is 0 Å². The van der Waals surface area contributed by atoms with Gasteiger partial charge < -0.3 is 15.5 Å². The Balaban J connectivity index is 2.02. The lowest BCUT2D eigenvalue weighted by molar-refractivity contribution is -0.136. The van der Waals surface area contributed by atoms with Gasteiger partial charge >= 0.3 is 0 Å². The highest BCUT2D eigenvalue weighted by Gasteiger charge is 2.34. The third kappa shape index (κ3) is 6.57. The fourth-order valence-electron chi connectivity index (χ4n) is 2.54. The fourth-order valence-corrected chi connectivity index (χ4v) is 2.54. The zero-order chi connectivity index (χ0) is 22.1. The molecule has 0 heterocycles. The highest BCUT2D eigenvalue weighted by atomic mass is 16.5. The standard InChI is InChI=1S/C23H24N2O5/c1-23(2,29)20(22(28)25-30)24-21(27)19-13-11-17(12-14-19)6-4-3-5-16-7-9-18(15-26)10-8-16/h3,5,7-14,20,26,29-30H,15H2,1-2H3,(H,24,27)(H,25,28)/t20-/m1/s1. The molecule has 2 aromatic rings. The molecule has 2 aromatic carbocycles. The molecule has 0 saturated heterocycles. The number of aliphatic hydroxyl groups is 2. The van der Waals surface area contributed by atoms with Crippen molar-refractivity contribution in [2.75, 3.05) is 0 Å². The molecule has 0 bridgehead atoms. The number of hydroxylamine groups is 1. The molecule has 30 heavy (non-hydrogen) atoms. The van der Waals surface area contributed by atoms with Crippen LogP contribution < -0.4 is 10.8 Å². The summed E-state index contributed by atoms with van der Waals surface area (Å²) in [5, 5.41) is 30.3. The average Bonchev–Trinajstić information content (AvgIpc) is 2.74. The van der Waals surface area contributed by atoms with Crippen molar-refractivity contribution in [1.82, 2.24) is 10.8 Å². The lowest BCUT2D eigenvalue weighted by Crippen LogP contribution is -2.57. The van der Waals surface area contributed by atoms with Crippen molar-refractivity contribution in [3.8, 4) is 11.8 Å². The summed E-state index contributed by atoms with van der Waals surface area (Å²) >= 11 is 0. The Hall–Kier alpha value is -3.44. The van der Waals surface area contributed by atoms with Crippen molar-refractivity contribution in [2.45, 2.75) is 32.1 Å². The molecule has 0 aliphatic carbocycles. The number of rotatable bonds is 6. The number of carbonyl (C=O) groups is 2. The maximum atomic E-state index is 12.3. The van der Waals surface area contributed by atoms with Gasteiger partial charge in [-0.3, -0.25) is 14.8 Å². The first-order chi connectivity index (χ1) is 14.2. The van der Waals surface area contributed by atoms with E-state index in [0.717, 1.165) is 11.1 Å². The average molecular weight is 408 g/mol. The van der Waals surface area contributed by atoms with Crippen molar-refractivity contribution in [3.05, 3.63) is 76.9 Å². The molecule has 2 rings (SSSR count). The van der Waals surface area contributed by atoms with Gasteiger partial charge in [0.25, 0.3) is 11.8 Å². The summed E-state index contributed by atoms with van der Waals surface area (Å²) in [6.07, 6.45) is 3.55. The van der Waals surface area contributed by atoms with Crippen LogP contribution in [0.25, 0.3) is 6.08 Å². The maximum Gasteiger partial charge on any atom is 0.268 e. The van der Waals surface area contributed by atoms with Crippen LogP contribution in [0.1, 0.15) is 40.9 Å². The van der Waals surface area contributed by atoms with Gasteiger partial charge in [-0.1, -0.05) is 36.1 Å². The normalized spacial score (nSPS) is 12.0. The van der Waals surface area contributed by atoms with Gasteiger partial charge in [0.15, 0.2) is 0 Å². The monoisotopic (exact) mass is 408 g/mol. The second-order valence-electron chi connectivity index (χ2n) is 7.12. The van der Waals surface area contributed by atoms with Crippen molar-refractivity contribution in [1.29, 1.82) is 0 Å². The van der Waals surface area contributed by atoms with Crippen molar-refractivity contribution in [2.24, 2.45) is 0 Å². The summed E-state index contributed by atoms with van der Waals surface area (Å²) in [5.74, 6) is 4.37. The minimum atomic E-state index is -1.57. The van der Waals surface area contributed by atoms with Crippen LogP contribution in [0.3, 0.4) is 0 Å². The molecule has 0 aromatic heterocycles. The fraction of sp³-hybridized carbons (Fsp3) is 0.217. The largest absolute Gasteiger partial charge is 0.392 e. The Morgan fingerprint density at radius 3 is 2.27 bits per heavy atom. The third-order valence-corrected chi connectivity index (χ3v) is 4.24. The zero-order valence-corrected chi connectivity index (χ0v) is 16.7. The van der Waals surface area contributed by atoms with Gasteiger partial charge in [-0.2, -0.15) is 0 Å². The summed E-state index contributed by atoms with van der Waals surface area (Å²) in [7, 11) is 0. The molecule has 7 heteroatoms. The number of aliphatic hydroxyl groups excluding tert-OH is 1. The van der Waals surface area contributed by atoms with E-state index in [-0.39, 0.29) is 12.2 Å². The van der Waals surface area contributed by atoms with Crippen LogP contribution in [0.5, 0.6) is 0 Å². The molecule has 0 aliphatic heterocycles.